The standard InChI is InChI=1S/C23H26N2S2/c24-16-18-26-27-19-17-25-23(20-10-4-1-5-11-20,21-12-6-2-7-13-21)22-14-8-3-9-15-22/h1-15,25H,16-19,24H2. The molecule has 0 bridgehead atoms. The van der Waals surface area contributed by atoms with Gasteiger partial charge in [-0.1, -0.05) is 113 Å². The van der Waals surface area contributed by atoms with Crippen molar-refractivity contribution >= 4 is 21.6 Å². The monoisotopic (exact) mass is 394 g/mol. The summed E-state index contributed by atoms with van der Waals surface area (Å²) in [4.78, 5) is 0. The van der Waals surface area contributed by atoms with Crippen LogP contribution in [-0.4, -0.2) is 24.6 Å². The number of hydrogen-bond acceptors (Lipinski definition) is 4. The molecule has 0 amide bonds. The van der Waals surface area contributed by atoms with Gasteiger partial charge in [-0.2, -0.15) is 0 Å². The maximum absolute atomic E-state index is 5.59. The van der Waals surface area contributed by atoms with E-state index in [0.29, 0.717) is 0 Å². The van der Waals surface area contributed by atoms with Crippen molar-refractivity contribution in [3.05, 3.63) is 108 Å². The molecule has 0 aliphatic heterocycles. The third-order valence-electron chi connectivity index (χ3n) is 4.48. The minimum atomic E-state index is -0.372. The summed E-state index contributed by atoms with van der Waals surface area (Å²) < 4.78 is 0. The number of nitrogens with one attached hydrogen (secondary N) is 1. The lowest BCUT2D eigenvalue weighted by Crippen LogP contribution is -2.45. The van der Waals surface area contributed by atoms with E-state index in [1.807, 2.05) is 21.6 Å². The van der Waals surface area contributed by atoms with Crippen molar-refractivity contribution < 1.29 is 0 Å². The van der Waals surface area contributed by atoms with Gasteiger partial charge in [-0.25, -0.2) is 0 Å². The quantitative estimate of drug-likeness (QED) is 0.291. The molecule has 140 valence electrons. The fourth-order valence-electron chi connectivity index (χ4n) is 3.32. The molecule has 0 heterocycles. The molecule has 27 heavy (non-hydrogen) atoms. The number of benzene rings is 3. The molecule has 0 aliphatic rings. The maximum atomic E-state index is 5.59. The highest BCUT2D eigenvalue weighted by Crippen LogP contribution is 2.36. The molecule has 0 saturated carbocycles. The Bertz CT molecular complexity index is 683. The van der Waals surface area contributed by atoms with Crippen molar-refractivity contribution in [1.29, 1.82) is 0 Å². The fraction of sp³-hybridized carbons (Fsp3) is 0.217. The van der Waals surface area contributed by atoms with Crippen LogP contribution in [0, 0.1) is 0 Å². The van der Waals surface area contributed by atoms with Crippen LogP contribution in [0.15, 0.2) is 91.0 Å². The van der Waals surface area contributed by atoms with Gasteiger partial charge in [0.2, 0.25) is 0 Å². The Hall–Kier alpha value is -1.72. The summed E-state index contributed by atoms with van der Waals surface area (Å²) >= 11 is 0. The molecule has 0 spiro atoms. The Morgan fingerprint density at radius 2 is 1.04 bits per heavy atom. The lowest BCUT2D eigenvalue weighted by molar-refractivity contribution is 0.491. The normalized spacial score (nSPS) is 11.4. The average molecular weight is 395 g/mol. The Morgan fingerprint density at radius 3 is 1.44 bits per heavy atom. The third-order valence-corrected chi connectivity index (χ3v) is 6.92. The highest BCUT2D eigenvalue weighted by molar-refractivity contribution is 8.76. The fourth-order valence-corrected chi connectivity index (χ4v) is 5.08. The molecule has 0 fully saturated rings. The van der Waals surface area contributed by atoms with Crippen LogP contribution in [0.25, 0.3) is 0 Å². The first-order chi connectivity index (χ1) is 13.4. The highest BCUT2D eigenvalue weighted by Gasteiger charge is 2.35. The van der Waals surface area contributed by atoms with E-state index < -0.39 is 0 Å². The van der Waals surface area contributed by atoms with Crippen molar-refractivity contribution in [3.8, 4) is 0 Å². The molecule has 3 aromatic carbocycles. The van der Waals surface area contributed by atoms with Gasteiger partial charge in [-0.05, 0) is 16.7 Å². The summed E-state index contributed by atoms with van der Waals surface area (Å²) in [5.74, 6) is 2.02. The van der Waals surface area contributed by atoms with Gasteiger partial charge in [-0.3, -0.25) is 5.32 Å². The topological polar surface area (TPSA) is 38.0 Å². The van der Waals surface area contributed by atoms with Crippen LogP contribution in [0.3, 0.4) is 0 Å². The van der Waals surface area contributed by atoms with Gasteiger partial charge in [-0.15, -0.1) is 0 Å². The second-order valence-corrected chi connectivity index (χ2v) is 8.91. The van der Waals surface area contributed by atoms with Crippen molar-refractivity contribution in [2.45, 2.75) is 5.54 Å². The summed E-state index contributed by atoms with van der Waals surface area (Å²) in [6, 6.07) is 32.2. The molecule has 3 rings (SSSR count). The van der Waals surface area contributed by atoms with Crippen LogP contribution < -0.4 is 11.1 Å². The Labute approximate surface area is 170 Å². The van der Waals surface area contributed by atoms with Gasteiger partial charge in [0.1, 0.15) is 0 Å². The molecule has 3 N–H and O–H groups in total. The minimum Gasteiger partial charge on any atom is -0.330 e. The van der Waals surface area contributed by atoms with E-state index in [-0.39, 0.29) is 5.54 Å². The van der Waals surface area contributed by atoms with Crippen molar-refractivity contribution in [1.82, 2.24) is 5.32 Å². The van der Waals surface area contributed by atoms with Gasteiger partial charge in [0.15, 0.2) is 0 Å². The SMILES string of the molecule is NCCSSCCNC(c1ccccc1)(c1ccccc1)c1ccccc1. The number of hydrogen-bond donors (Lipinski definition) is 2. The lowest BCUT2D eigenvalue weighted by atomic mass is 9.77. The summed E-state index contributed by atoms with van der Waals surface area (Å²) in [5.41, 5.74) is 8.97. The summed E-state index contributed by atoms with van der Waals surface area (Å²) in [6.45, 7) is 1.63. The van der Waals surface area contributed by atoms with Gasteiger partial charge in [0.05, 0.1) is 5.54 Å². The van der Waals surface area contributed by atoms with Crippen LogP contribution in [0.2, 0.25) is 0 Å². The highest BCUT2D eigenvalue weighted by atomic mass is 33.1. The third kappa shape index (κ3) is 4.96. The smallest absolute Gasteiger partial charge is 0.0948 e. The zero-order valence-electron chi connectivity index (χ0n) is 15.4. The van der Waals surface area contributed by atoms with Crippen LogP contribution in [0.5, 0.6) is 0 Å². The molecule has 0 aromatic heterocycles. The Balaban J connectivity index is 1.98. The van der Waals surface area contributed by atoms with E-state index in [1.54, 1.807) is 0 Å². The van der Waals surface area contributed by atoms with Crippen LogP contribution in [-0.2, 0) is 5.54 Å². The molecule has 0 saturated heterocycles. The van der Waals surface area contributed by atoms with Crippen molar-refractivity contribution in [2.75, 3.05) is 24.6 Å². The number of nitrogens with two attached hydrogens (primary N) is 1. The van der Waals surface area contributed by atoms with Crippen LogP contribution in [0.1, 0.15) is 16.7 Å². The largest absolute Gasteiger partial charge is 0.330 e. The first-order valence-corrected chi connectivity index (χ1v) is 11.7. The molecule has 4 heteroatoms. The molecular formula is C23H26N2S2. The zero-order chi connectivity index (χ0) is 18.8. The van der Waals surface area contributed by atoms with E-state index in [9.17, 15) is 0 Å². The molecule has 0 radical (unpaired) electrons. The van der Waals surface area contributed by atoms with E-state index in [0.717, 1.165) is 24.6 Å². The molecule has 0 aliphatic carbocycles. The second-order valence-electron chi connectivity index (χ2n) is 6.21. The van der Waals surface area contributed by atoms with E-state index in [2.05, 4.69) is 96.3 Å². The Kier molecular flexibility index (Phi) is 7.84. The zero-order valence-corrected chi connectivity index (χ0v) is 17.0. The molecule has 0 unspecified atom stereocenters. The average Bonchev–Trinajstić information content (AvgIpc) is 2.75. The van der Waals surface area contributed by atoms with Gasteiger partial charge in [0, 0.05) is 24.6 Å². The molecule has 3 aromatic rings. The first kappa shape index (κ1) is 20.0. The summed E-state index contributed by atoms with van der Waals surface area (Å²) in [7, 11) is 3.72. The predicted octanol–water partition coefficient (Wildman–Crippen LogP) is 4.91. The Morgan fingerprint density at radius 1 is 0.630 bits per heavy atom. The molecule has 0 atom stereocenters. The summed E-state index contributed by atoms with van der Waals surface area (Å²) in [6.07, 6.45) is 0. The van der Waals surface area contributed by atoms with Crippen molar-refractivity contribution in [3.63, 3.8) is 0 Å². The minimum absolute atomic E-state index is 0.372. The summed E-state index contributed by atoms with van der Waals surface area (Å²) in [5, 5.41) is 3.89. The van der Waals surface area contributed by atoms with Gasteiger partial charge >= 0.3 is 0 Å². The van der Waals surface area contributed by atoms with E-state index in [4.69, 9.17) is 5.73 Å². The molecule has 2 nitrogen and oxygen atoms in total. The first-order valence-electron chi connectivity index (χ1n) is 9.24. The second kappa shape index (κ2) is 10.6. The van der Waals surface area contributed by atoms with E-state index in [1.165, 1.54) is 16.7 Å². The predicted molar refractivity (Wildman–Crippen MR) is 121 cm³/mol. The van der Waals surface area contributed by atoms with Crippen molar-refractivity contribution in [2.24, 2.45) is 5.73 Å². The van der Waals surface area contributed by atoms with Gasteiger partial charge in [0.25, 0.3) is 0 Å². The van der Waals surface area contributed by atoms with Crippen LogP contribution >= 0.6 is 21.6 Å². The van der Waals surface area contributed by atoms with E-state index >= 15 is 0 Å². The van der Waals surface area contributed by atoms with Gasteiger partial charge < -0.3 is 5.73 Å². The lowest BCUT2D eigenvalue weighted by Gasteiger charge is -2.37. The molecular weight excluding hydrogens is 368 g/mol. The number of rotatable bonds is 10. The maximum Gasteiger partial charge on any atom is 0.0948 e. The van der Waals surface area contributed by atoms with Crippen LogP contribution in [0.4, 0.5) is 0 Å².